The first kappa shape index (κ1) is 14.8. The molecule has 2 unspecified atom stereocenters. The normalized spacial score (nSPS) is 23.4. The van der Waals surface area contributed by atoms with Crippen LogP contribution in [0, 0.1) is 11.7 Å². The third-order valence-corrected chi connectivity index (χ3v) is 5.59. The van der Waals surface area contributed by atoms with Crippen LogP contribution in [0.3, 0.4) is 0 Å². The van der Waals surface area contributed by atoms with Crippen molar-refractivity contribution in [1.29, 1.82) is 0 Å². The van der Waals surface area contributed by atoms with Gasteiger partial charge in [-0.15, -0.1) is 0 Å². The molecule has 1 fully saturated rings. The molecule has 0 spiro atoms. The first-order valence-electron chi connectivity index (χ1n) is 6.25. The first-order valence-corrected chi connectivity index (χ1v) is 8.45. The molecule has 2 N–H and O–H groups in total. The van der Waals surface area contributed by atoms with Gasteiger partial charge in [-0.3, -0.25) is 0 Å². The molecule has 0 amide bonds. The molecule has 1 aromatic rings. The van der Waals surface area contributed by atoms with Crippen molar-refractivity contribution in [1.82, 2.24) is 0 Å². The molecule has 0 aliphatic carbocycles. The minimum Gasteiger partial charge on any atom is -0.327 e. The van der Waals surface area contributed by atoms with E-state index in [-0.39, 0.29) is 28.5 Å². The zero-order valence-electron chi connectivity index (χ0n) is 10.5. The predicted octanol–water partition coefficient (Wildman–Crippen LogP) is 2.17. The highest BCUT2D eigenvalue weighted by Crippen LogP contribution is 2.24. The zero-order chi connectivity index (χ0) is 14.0. The van der Waals surface area contributed by atoms with Gasteiger partial charge in [-0.1, -0.05) is 17.7 Å². The van der Waals surface area contributed by atoms with E-state index in [0.717, 1.165) is 5.56 Å². The average Bonchev–Trinajstić information content (AvgIpc) is 2.63. The lowest BCUT2D eigenvalue weighted by Crippen LogP contribution is -2.26. The van der Waals surface area contributed by atoms with Crippen LogP contribution in [0.5, 0.6) is 0 Å². The molecule has 1 heterocycles. The van der Waals surface area contributed by atoms with E-state index in [1.54, 1.807) is 6.07 Å². The maximum Gasteiger partial charge on any atom is 0.150 e. The molecule has 0 radical (unpaired) electrons. The van der Waals surface area contributed by atoms with Crippen molar-refractivity contribution in [2.45, 2.75) is 25.3 Å². The van der Waals surface area contributed by atoms with Crippen molar-refractivity contribution in [3.63, 3.8) is 0 Å². The lowest BCUT2D eigenvalue weighted by atomic mass is 9.95. The summed E-state index contributed by atoms with van der Waals surface area (Å²) >= 11 is 5.61. The molecule has 2 atom stereocenters. The summed E-state index contributed by atoms with van der Waals surface area (Å²) in [6, 6.07) is 4.49. The Morgan fingerprint density at radius 2 is 2.21 bits per heavy atom. The molecule has 0 aromatic heterocycles. The summed E-state index contributed by atoms with van der Waals surface area (Å²) in [6.45, 7) is 0. The summed E-state index contributed by atoms with van der Waals surface area (Å²) in [5, 5.41) is 0.0965. The van der Waals surface area contributed by atoms with E-state index in [4.69, 9.17) is 17.3 Å². The van der Waals surface area contributed by atoms with E-state index in [9.17, 15) is 12.8 Å². The average molecular weight is 306 g/mol. The third kappa shape index (κ3) is 4.16. The molecule has 0 bridgehead atoms. The Morgan fingerprint density at radius 1 is 1.47 bits per heavy atom. The fraction of sp³-hybridized carbons (Fsp3) is 0.538. The lowest BCUT2D eigenvalue weighted by Gasteiger charge is -2.15. The minimum atomic E-state index is -2.86. The fourth-order valence-electron chi connectivity index (χ4n) is 2.54. The fourth-order valence-corrected chi connectivity index (χ4v) is 4.54. The monoisotopic (exact) mass is 305 g/mol. The van der Waals surface area contributed by atoms with Crippen LogP contribution in [0.15, 0.2) is 18.2 Å². The maximum atomic E-state index is 13.3. The molecular formula is C13H17ClFNO2S. The van der Waals surface area contributed by atoms with Gasteiger partial charge in [-0.25, -0.2) is 12.8 Å². The van der Waals surface area contributed by atoms with Crippen LogP contribution in [0.25, 0.3) is 0 Å². The number of sulfone groups is 1. The van der Waals surface area contributed by atoms with Gasteiger partial charge in [0.05, 0.1) is 16.5 Å². The van der Waals surface area contributed by atoms with Gasteiger partial charge >= 0.3 is 0 Å². The van der Waals surface area contributed by atoms with Gasteiger partial charge in [-0.2, -0.15) is 0 Å². The van der Waals surface area contributed by atoms with Crippen LogP contribution in [0.2, 0.25) is 5.02 Å². The first-order chi connectivity index (χ1) is 8.85. The van der Waals surface area contributed by atoms with Gasteiger partial charge < -0.3 is 5.73 Å². The summed E-state index contributed by atoms with van der Waals surface area (Å²) in [6.07, 6.45) is 1.87. The van der Waals surface area contributed by atoms with Crippen molar-refractivity contribution in [2.75, 3.05) is 11.5 Å². The van der Waals surface area contributed by atoms with Gasteiger partial charge in [0, 0.05) is 6.04 Å². The Labute approximate surface area is 117 Å². The summed E-state index contributed by atoms with van der Waals surface area (Å²) in [5.41, 5.74) is 6.80. The summed E-state index contributed by atoms with van der Waals surface area (Å²) in [7, 11) is -2.86. The molecule has 19 heavy (non-hydrogen) atoms. The summed E-state index contributed by atoms with van der Waals surface area (Å²) in [4.78, 5) is 0. The maximum absolute atomic E-state index is 13.3. The molecule has 0 saturated carbocycles. The summed E-state index contributed by atoms with van der Waals surface area (Å²) in [5.74, 6) is 0.183. The number of nitrogens with two attached hydrogens (primary N) is 1. The molecular weight excluding hydrogens is 289 g/mol. The van der Waals surface area contributed by atoms with Crippen LogP contribution in [0.1, 0.15) is 18.4 Å². The number of rotatable bonds is 4. The van der Waals surface area contributed by atoms with Gasteiger partial charge in [0.15, 0.2) is 9.84 Å². The quantitative estimate of drug-likeness (QED) is 0.927. The Morgan fingerprint density at radius 3 is 2.79 bits per heavy atom. The molecule has 3 nitrogen and oxygen atoms in total. The van der Waals surface area contributed by atoms with E-state index >= 15 is 0 Å². The molecule has 1 aromatic carbocycles. The van der Waals surface area contributed by atoms with Crippen molar-refractivity contribution in [2.24, 2.45) is 11.7 Å². The van der Waals surface area contributed by atoms with E-state index < -0.39 is 15.7 Å². The third-order valence-electron chi connectivity index (χ3n) is 3.44. The van der Waals surface area contributed by atoms with Crippen LogP contribution in [-0.4, -0.2) is 26.0 Å². The number of halogens is 2. The molecule has 1 saturated heterocycles. The van der Waals surface area contributed by atoms with E-state index in [1.165, 1.54) is 12.1 Å². The Balaban J connectivity index is 1.91. The van der Waals surface area contributed by atoms with Gasteiger partial charge in [0.2, 0.25) is 0 Å². The molecule has 6 heteroatoms. The number of hydrogen-bond donors (Lipinski definition) is 1. The second-order valence-electron chi connectivity index (χ2n) is 5.22. The van der Waals surface area contributed by atoms with Crippen LogP contribution in [0.4, 0.5) is 4.39 Å². The second-order valence-corrected chi connectivity index (χ2v) is 7.85. The lowest BCUT2D eigenvalue weighted by molar-refractivity contribution is 0.468. The van der Waals surface area contributed by atoms with Crippen LogP contribution < -0.4 is 5.73 Å². The van der Waals surface area contributed by atoms with Gasteiger partial charge in [0.1, 0.15) is 5.82 Å². The standard InChI is InChI=1S/C13H17ClFNO2S/c14-12-2-1-9(7-13(12)15)5-11(16)6-10-3-4-19(17,18)8-10/h1-2,7,10-11H,3-6,8,16H2. The smallest absolute Gasteiger partial charge is 0.150 e. The van der Waals surface area contributed by atoms with Crippen LogP contribution >= 0.6 is 11.6 Å². The van der Waals surface area contributed by atoms with Crippen molar-refractivity contribution in [3.8, 4) is 0 Å². The highest BCUT2D eigenvalue weighted by Gasteiger charge is 2.28. The Hall–Kier alpha value is -0.650. The zero-order valence-corrected chi connectivity index (χ0v) is 12.1. The van der Waals surface area contributed by atoms with Gasteiger partial charge in [0.25, 0.3) is 0 Å². The van der Waals surface area contributed by atoms with Crippen molar-refractivity contribution < 1.29 is 12.8 Å². The number of hydrogen-bond acceptors (Lipinski definition) is 3. The van der Waals surface area contributed by atoms with Crippen LogP contribution in [-0.2, 0) is 16.3 Å². The molecule has 106 valence electrons. The molecule has 1 aliphatic heterocycles. The van der Waals surface area contributed by atoms with Crippen molar-refractivity contribution in [3.05, 3.63) is 34.6 Å². The van der Waals surface area contributed by atoms with E-state index in [1.807, 2.05) is 0 Å². The highest BCUT2D eigenvalue weighted by atomic mass is 35.5. The summed E-state index contributed by atoms with van der Waals surface area (Å²) < 4.78 is 36.0. The van der Waals surface area contributed by atoms with E-state index in [0.29, 0.717) is 19.3 Å². The topological polar surface area (TPSA) is 60.2 Å². The van der Waals surface area contributed by atoms with Gasteiger partial charge in [-0.05, 0) is 42.9 Å². The number of benzene rings is 1. The molecule has 2 rings (SSSR count). The second kappa shape index (κ2) is 5.77. The SMILES string of the molecule is NC(Cc1ccc(Cl)c(F)c1)CC1CCS(=O)(=O)C1. The highest BCUT2D eigenvalue weighted by molar-refractivity contribution is 7.91. The predicted molar refractivity (Wildman–Crippen MR) is 74.5 cm³/mol. The van der Waals surface area contributed by atoms with Crippen molar-refractivity contribution >= 4 is 21.4 Å². The Bertz CT molecular complexity index is 562. The molecule has 1 aliphatic rings. The Kier molecular flexibility index (Phi) is 4.48. The largest absolute Gasteiger partial charge is 0.327 e. The minimum absolute atomic E-state index is 0.0965. The van der Waals surface area contributed by atoms with E-state index in [2.05, 4.69) is 0 Å².